The first-order chi connectivity index (χ1) is 13.4. The molecule has 7 heteroatoms. The van der Waals surface area contributed by atoms with Crippen molar-refractivity contribution in [1.29, 1.82) is 0 Å². The van der Waals surface area contributed by atoms with Crippen LogP contribution >= 0.6 is 11.6 Å². The van der Waals surface area contributed by atoms with Crippen molar-refractivity contribution in [2.75, 3.05) is 18.1 Å². The molecule has 1 fully saturated rings. The van der Waals surface area contributed by atoms with E-state index >= 15 is 0 Å². The second-order valence-corrected chi connectivity index (χ2v) is 7.19. The average molecular weight is 401 g/mol. The number of nitrogens with zero attached hydrogens (tertiary/aromatic N) is 1. The van der Waals surface area contributed by atoms with Gasteiger partial charge >= 0.3 is 5.97 Å². The maximum Gasteiger partial charge on any atom is 0.311 e. The molecule has 2 aromatic rings. The molecule has 1 saturated heterocycles. The number of halogens is 1. The number of benzene rings is 2. The number of carbonyl (C=O) groups excluding carboxylic acids is 3. The van der Waals surface area contributed by atoms with Gasteiger partial charge in [0.25, 0.3) is 5.91 Å². The van der Waals surface area contributed by atoms with Gasteiger partial charge in [0.1, 0.15) is 0 Å². The second kappa shape index (κ2) is 8.89. The molecule has 1 aliphatic heterocycles. The van der Waals surface area contributed by atoms with Crippen molar-refractivity contribution in [3.63, 3.8) is 0 Å². The van der Waals surface area contributed by atoms with E-state index in [0.29, 0.717) is 11.6 Å². The fraction of sp³-hybridized carbons (Fsp3) is 0.286. The minimum Gasteiger partial charge on any atom is -0.455 e. The SMILES string of the molecule is Cc1ccc(N2C[C@H](C(=O)OCC(=O)NCc3ccc(Cl)cc3)CC2=O)cc1. The van der Waals surface area contributed by atoms with E-state index in [1.165, 1.54) is 0 Å². The lowest BCUT2D eigenvalue weighted by Gasteiger charge is -2.16. The highest BCUT2D eigenvalue weighted by molar-refractivity contribution is 6.30. The molecule has 1 N–H and O–H groups in total. The summed E-state index contributed by atoms with van der Waals surface area (Å²) in [4.78, 5) is 37.9. The van der Waals surface area contributed by atoms with Crippen LogP contribution in [-0.2, 0) is 25.7 Å². The minimum absolute atomic E-state index is 0.0824. The molecule has 1 aliphatic rings. The predicted octanol–water partition coefficient (Wildman–Crippen LogP) is 2.86. The number of anilines is 1. The van der Waals surface area contributed by atoms with Gasteiger partial charge in [0, 0.05) is 30.2 Å². The maximum atomic E-state index is 12.2. The van der Waals surface area contributed by atoms with Crippen LogP contribution in [-0.4, -0.2) is 30.9 Å². The van der Waals surface area contributed by atoms with Gasteiger partial charge in [-0.2, -0.15) is 0 Å². The van der Waals surface area contributed by atoms with Crippen molar-refractivity contribution in [3.05, 3.63) is 64.7 Å². The molecule has 0 aromatic heterocycles. The summed E-state index contributed by atoms with van der Waals surface area (Å²) in [6, 6.07) is 14.6. The molecule has 1 heterocycles. The zero-order chi connectivity index (χ0) is 20.1. The van der Waals surface area contributed by atoms with Gasteiger partial charge in [-0.25, -0.2) is 0 Å². The van der Waals surface area contributed by atoms with Gasteiger partial charge in [-0.1, -0.05) is 41.4 Å². The number of aryl methyl sites for hydroxylation is 1. The van der Waals surface area contributed by atoms with Gasteiger partial charge in [-0.3, -0.25) is 14.4 Å². The summed E-state index contributed by atoms with van der Waals surface area (Å²) in [6.45, 7) is 2.17. The lowest BCUT2D eigenvalue weighted by Crippen LogP contribution is -2.31. The molecular formula is C21H21ClN2O4. The highest BCUT2D eigenvalue weighted by Gasteiger charge is 2.36. The molecule has 0 spiro atoms. The predicted molar refractivity (Wildman–Crippen MR) is 106 cm³/mol. The Morgan fingerprint density at radius 2 is 1.82 bits per heavy atom. The molecule has 0 bridgehead atoms. The van der Waals surface area contributed by atoms with Crippen molar-refractivity contribution >= 4 is 35.1 Å². The summed E-state index contributed by atoms with van der Waals surface area (Å²) in [7, 11) is 0. The Morgan fingerprint density at radius 1 is 1.14 bits per heavy atom. The Labute approximate surface area is 168 Å². The van der Waals surface area contributed by atoms with Crippen molar-refractivity contribution in [3.8, 4) is 0 Å². The molecule has 1 atom stereocenters. The maximum absolute atomic E-state index is 12.2. The zero-order valence-electron chi connectivity index (χ0n) is 15.5. The van der Waals surface area contributed by atoms with Crippen LogP contribution in [0.4, 0.5) is 5.69 Å². The molecule has 0 radical (unpaired) electrons. The van der Waals surface area contributed by atoms with Gasteiger partial charge in [0.05, 0.1) is 5.92 Å². The first-order valence-corrected chi connectivity index (χ1v) is 9.35. The van der Waals surface area contributed by atoms with Crippen molar-refractivity contribution in [2.45, 2.75) is 19.9 Å². The highest BCUT2D eigenvalue weighted by atomic mass is 35.5. The van der Waals surface area contributed by atoms with Crippen molar-refractivity contribution in [2.24, 2.45) is 5.92 Å². The van der Waals surface area contributed by atoms with Gasteiger partial charge < -0.3 is 15.0 Å². The van der Waals surface area contributed by atoms with E-state index < -0.39 is 17.8 Å². The summed E-state index contributed by atoms with van der Waals surface area (Å²) >= 11 is 5.82. The van der Waals surface area contributed by atoms with Gasteiger partial charge in [0.15, 0.2) is 6.61 Å². The standard InChI is InChI=1S/C21H21ClN2O4/c1-14-2-8-18(9-3-14)24-12-16(10-20(24)26)21(27)28-13-19(25)23-11-15-4-6-17(22)7-5-15/h2-9,16H,10-13H2,1H3,(H,23,25)/t16-/m1/s1. The van der Waals surface area contributed by atoms with Crippen LogP contribution in [0.3, 0.4) is 0 Å². The molecule has 2 aromatic carbocycles. The normalized spacial score (nSPS) is 16.1. The van der Waals surface area contributed by atoms with E-state index in [9.17, 15) is 14.4 Å². The van der Waals surface area contributed by atoms with Gasteiger partial charge in [-0.15, -0.1) is 0 Å². The van der Waals surface area contributed by atoms with E-state index in [4.69, 9.17) is 16.3 Å². The third-order valence-corrected chi connectivity index (χ3v) is 4.80. The third-order valence-electron chi connectivity index (χ3n) is 4.55. The molecular weight excluding hydrogens is 380 g/mol. The average Bonchev–Trinajstić information content (AvgIpc) is 3.08. The van der Waals surface area contributed by atoms with E-state index in [1.54, 1.807) is 29.2 Å². The lowest BCUT2D eigenvalue weighted by atomic mass is 10.1. The van der Waals surface area contributed by atoms with E-state index in [2.05, 4.69) is 5.32 Å². The monoisotopic (exact) mass is 400 g/mol. The number of carbonyl (C=O) groups is 3. The third kappa shape index (κ3) is 5.10. The Kier molecular flexibility index (Phi) is 6.31. The van der Waals surface area contributed by atoms with Crippen LogP contribution < -0.4 is 10.2 Å². The van der Waals surface area contributed by atoms with E-state index in [-0.39, 0.29) is 25.5 Å². The smallest absolute Gasteiger partial charge is 0.311 e. The molecule has 3 rings (SSSR count). The van der Waals surface area contributed by atoms with Gasteiger partial charge in [-0.05, 0) is 36.8 Å². The zero-order valence-corrected chi connectivity index (χ0v) is 16.2. The minimum atomic E-state index is -0.571. The number of esters is 1. The van der Waals surface area contributed by atoms with Crippen molar-refractivity contribution in [1.82, 2.24) is 5.32 Å². The fourth-order valence-electron chi connectivity index (χ4n) is 2.95. The topological polar surface area (TPSA) is 75.7 Å². The van der Waals surface area contributed by atoms with Crippen LogP contribution in [0.5, 0.6) is 0 Å². The molecule has 6 nitrogen and oxygen atoms in total. The number of hydrogen-bond acceptors (Lipinski definition) is 4. The molecule has 146 valence electrons. The van der Waals surface area contributed by atoms with E-state index in [0.717, 1.165) is 16.8 Å². The Morgan fingerprint density at radius 3 is 2.50 bits per heavy atom. The largest absolute Gasteiger partial charge is 0.455 e. The summed E-state index contributed by atoms with van der Waals surface area (Å²) in [5.74, 6) is -1.64. The summed E-state index contributed by atoms with van der Waals surface area (Å²) < 4.78 is 5.10. The van der Waals surface area contributed by atoms with Crippen LogP contribution in [0.15, 0.2) is 48.5 Å². The summed E-state index contributed by atoms with van der Waals surface area (Å²) in [6.07, 6.45) is 0.0824. The fourth-order valence-corrected chi connectivity index (χ4v) is 3.07. The van der Waals surface area contributed by atoms with Crippen molar-refractivity contribution < 1.29 is 19.1 Å². The Balaban J connectivity index is 1.45. The Hall–Kier alpha value is -2.86. The number of amides is 2. The molecule has 0 unspecified atom stereocenters. The number of nitrogens with one attached hydrogen (secondary N) is 1. The highest BCUT2D eigenvalue weighted by Crippen LogP contribution is 2.26. The Bertz CT molecular complexity index is 865. The van der Waals surface area contributed by atoms with Crippen LogP contribution in [0, 0.1) is 12.8 Å². The van der Waals surface area contributed by atoms with Crippen LogP contribution in [0.25, 0.3) is 0 Å². The summed E-state index contributed by atoms with van der Waals surface area (Å²) in [5.41, 5.74) is 2.74. The summed E-state index contributed by atoms with van der Waals surface area (Å²) in [5, 5.41) is 3.30. The van der Waals surface area contributed by atoms with Crippen LogP contribution in [0.1, 0.15) is 17.5 Å². The number of rotatable bonds is 6. The molecule has 0 saturated carbocycles. The lowest BCUT2D eigenvalue weighted by molar-refractivity contribution is -0.152. The molecule has 2 amide bonds. The first kappa shape index (κ1) is 19.9. The van der Waals surface area contributed by atoms with Crippen LogP contribution in [0.2, 0.25) is 5.02 Å². The molecule has 28 heavy (non-hydrogen) atoms. The van der Waals surface area contributed by atoms with E-state index in [1.807, 2.05) is 31.2 Å². The first-order valence-electron chi connectivity index (χ1n) is 8.97. The quantitative estimate of drug-likeness (QED) is 0.756. The number of hydrogen-bond donors (Lipinski definition) is 1. The molecule has 0 aliphatic carbocycles. The van der Waals surface area contributed by atoms with Gasteiger partial charge in [0.2, 0.25) is 5.91 Å². The number of ether oxygens (including phenoxy) is 1. The second-order valence-electron chi connectivity index (χ2n) is 6.75.